The SMILES string of the molecule is BrCc1cnn2ccnc2c1.CC(C)(C)OC(=O)NCCCC(C)(C)C(F)(F)F. The first-order chi connectivity index (χ1) is 13.2. The number of ether oxygens (including phenoxy) is 1. The number of alkyl carbamates (subject to hydrolysis) is 1. The molecule has 29 heavy (non-hydrogen) atoms. The lowest BCUT2D eigenvalue weighted by atomic mass is 9.87. The summed E-state index contributed by atoms with van der Waals surface area (Å²) in [5, 5.41) is 7.39. The molecule has 0 aliphatic rings. The number of hydrogen-bond donors (Lipinski definition) is 1. The summed E-state index contributed by atoms with van der Waals surface area (Å²) in [6.45, 7) is 7.65. The van der Waals surface area contributed by atoms with E-state index in [1.807, 2.05) is 18.5 Å². The predicted molar refractivity (Wildman–Crippen MR) is 109 cm³/mol. The molecule has 0 atom stereocenters. The van der Waals surface area contributed by atoms with E-state index in [9.17, 15) is 18.0 Å². The molecule has 2 aromatic heterocycles. The van der Waals surface area contributed by atoms with Crippen molar-refractivity contribution in [1.82, 2.24) is 19.9 Å². The molecular weight excluding hydrogens is 453 g/mol. The van der Waals surface area contributed by atoms with Crippen LogP contribution in [-0.2, 0) is 10.1 Å². The second kappa shape index (κ2) is 10.3. The quantitative estimate of drug-likeness (QED) is 0.452. The van der Waals surface area contributed by atoms with E-state index in [0.29, 0.717) is 0 Å². The first-order valence-corrected chi connectivity index (χ1v) is 10.2. The number of alkyl halides is 4. The zero-order valence-corrected chi connectivity index (χ0v) is 18.9. The van der Waals surface area contributed by atoms with Crippen molar-refractivity contribution in [3.63, 3.8) is 0 Å². The zero-order valence-electron chi connectivity index (χ0n) is 17.3. The molecule has 2 aromatic rings. The van der Waals surface area contributed by atoms with Crippen molar-refractivity contribution < 1.29 is 22.7 Å². The Morgan fingerprint density at radius 1 is 1.24 bits per heavy atom. The van der Waals surface area contributed by atoms with E-state index < -0.39 is 23.3 Å². The monoisotopic (exact) mass is 480 g/mol. The van der Waals surface area contributed by atoms with Crippen LogP contribution in [0.2, 0.25) is 0 Å². The van der Waals surface area contributed by atoms with E-state index in [2.05, 4.69) is 31.3 Å². The summed E-state index contributed by atoms with van der Waals surface area (Å²) in [4.78, 5) is 15.3. The maximum Gasteiger partial charge on any atom is 0.407 e. The highest BCUT2D eigenvalue weighted by Gasteiger charge is 2.46. The highest BCUT2D eigenvalue weighted by molar-refractivity contribution is 9.08. The number of rotatable bonds is 5. The summed E-state index contributed by atoms with van der Waals surface area (Å²) in [5.74, 6) is 0. The van der Waals surface area contributed by atoms with Crippen LogP contribution < -0.4 is 5.32 Å². The lowest BCUT2D eigenvalue weighted by Gasteiger charge is -2.27. The fourth-order valence-corrected chi connectivity index (χ4v) is 2.41. The first-order valence-electron chi connectivity index (χ1n) is 9.13. The van der Waals surface area contributed by atoms with E-state index in [1.54, 1.807) is 31.5 Å². The second-order valence-electron chi connectivity index (χ2n) is 8.14. The Morgan fingerprint density at radius 3 is 2.45 bits per heavy atom. The van der Waals surface area contributed by atoms with Crippen molar-refractivity contribution in [3.8, 4) is 0 Å². The number of halogens is 4. The van der Waals surface area contributed by atoms with Gasteiger partial charge < -0.3 is 10.1 Å². The van der Waals surface area contributed by atoms with Crippen LogP contribution in [0, 0.1) is 5.41 Å². The number of hydrogen-bond acceptors (Lipinski definition) is 4. The van der Waals surface area contributed by atoms with Crippen LogP contribution in [0.4, 0.5) is 18.0 Å². The van der Waals surface area contributed by atoms with Gasteiger partial charge in [-0.3, -0.25) is 0 Å². The molecule has 0 saturated carbocycles. The van der Waals surface area contributed by atoms with E-state index in [-0.39, 0.29) is 19.4 Å². The third kappa shape index (κ3) is 9.01. The molecule has 6 nitrogen and oxygen atoms in total. The Bertz CT molecular complexity index is 786. The van der Waals surface area contributed by atoms with Gasteiger partial charge in [-0.2, -0.15) is 18.3 Å². The number of nitrogens with one attached hydrogen (secondary N) is 1. The second-order valence-corrected chi connectivity index (χ2v) is 8.70. The van der Waals surface area contributed by atoms with Crippen LogP contribution in [0.1, 0.15) is 53.0 Å². The van der Waals surface area contributed by atoms with Crippen LogP contribution in [0.15, 0.2) is 24.7 Å². The highest BCUT2D eigenvalue weighted by atomic mass is 79.9. The largest absolute Gasteiger partial charge is 0.444 e. The Balaban J connectivity index is 0.000000321. The maximum absolute atomic E-state index is 12.5. The smallest absolute Gasteiger partial charge is 0.407 e. The first kappa shape index (κ1) is 25.2. The van der Waals surface area contributed by atoms with E-state index in [4.69, 9.17) is 4.74 Å². The number of carbonyl (C=O) groups excluding carboxylic acids is 1. The number of imidazole rings is 1. The predicted octanol–water partition coefficient (Wildman–Crippen LogP) is 5.50. The fourth-order valence-electron chi connectivity index (χ4n) is 2.10. The normalized spacial score (nSPS) is 12.3. The molecule has 0 aromatic carbocycles. The van der Waals surface area contributed by atoms with Crippen molar-refractivity contribution in [2.24, 2.45) is 5.41 Å². The Morgan fingerprint density at radius 2 is 1.90 bits per heavy atom. The number of aromatic nitrogens is 3. The maximum atomic E-state index is 12.5. The van der Waals surface area contributed by atoms with Gasteiger partial charge in [0, 0.05) is 24.3 Å². The third-order valence-electron chi connectivity index (χ3n) is 3.88. The van der Waals surface area contributed by atoms with E-state index in [1.165, 1.54) is 0 Å². The molecule has 0 unspecified atom stereocenters. The Labute approximate surface area is 177 Å². The summed E-state index contributed by atoms with van der Waals surface area (Å²) in [6.07, 6.45) is 0.779. The number of carbonyl (C=O) groups is 1. The van der Waals surface area contributed by atoms with Gasteiger partial charge >= 0.3 is 12.3 Å². The summed E-state index contributed by atoms with van der Waals surface area (Å²) in [5.41, 5.74) is -0.302. The molecule has 1 amide bonds. The number of amides is 1. The van der Waals surface area contributed by atoms with Gasteiger partial charge in [0.05, 0.1) is 11.6 Å². The topological polar surface area (TPSA) is 68.5 Å². The number of nitrogens with zero attached hydrogens (tertiary/aromatic N) is 3. The van der Waals surface area contributed by atoms with Gasteiger partial charge in [-0.05, 0) is 45.2 Å². The highest BCUT2D eigenvalue weighted by Crippen LogP contribution is 2.40. The molecule has 2 heterocycles. The average molecular weight is 481 g/mol. The van der Waals surface area contributed by atoms with Crippen molar-refractivity contribution in [1.29, 1.82) is 0 Å². The van der Waals surface area contributed by atoms with Crippen molar-refractivity contribution >= 4 is 27.7 Å². The molecule has 0 fully saturated rings. The van der Waals surface area contributed by atoms with Gasteiger partial charge in [0.1, 0.15) is 5.60 Å². The average Bonchev–Trinajstić information content (AvgIpc) is 3.04. The Kier molecular flexibility index (Phi) is 8.92. The number of fused-ring (bicyclic) bond motifs is 1. The molecule has 10 heteroatoms. The molecular formula is C19H28BrF3N4O2. The zero-order chi connectivity index (χ0) is 22.3. The fraction of sp³-hybridized carbons (Fsp3) is 0.632. The summed E-state index contributed by atoms with van der Waals surface area (Å²) in [7, 11) is 0. The lowest BCUT2D eigenvalue weighted by molar-refractivity contribution is -0.213. The van der Waals surface area contributed by atoms with Crippen LogP contribution in [0.25, 0.3) is 5.65 Å². The molecule has 0 radical (unpaired) electrons. The Hall–Kier alpha value is -1.84. The molecule has 1 N–H and O–H groups in total. The van der Waals surface area contributed by atoms with Gasteiger partial charge in [0.2, 0.25) is 0 Å². The van der Waals surface area contributed by atoms with Crippen LogP contribution >= 0.6 is 15.9 Å². The summed E-state index contributed by atoms with van der Waals surface area (Å²) >= 11 is 3.35. The van der Waals surface area contributed by atoms with E-state index in [0.717, 1.165) is 30.4 Å². The van der Waals surface area contributed by atoms with E-state index >= 15 is 0 Å². The minimum Gasteiger partial charge on any atom is -0.444 e. The standard InChI is InChI=1S/C12H22F3NO2.C7H6BrN3/c1-10(2,3)18-9(17)16-8-6-7-11(4,5)12(13,14)15;8-4-6-3-7-9-1-2-11(7)10-5-6/h6-8H2,1-5H3,(H,16,17);1-3,5H,4H2. The third-order valence-corrected chi connectivity index (χ3v) is 4.53. The summed E-state index contributed by atoms with van der Waals surface area (Å²) < 4.78 is 44.3. The molecule has 0 saturated heterocycles. The van der Waals surface area contributed by atoms with Crippen molar-refractivity contribution in [3.05, 3.63) is 30.2 Å². The molecule has 0 aliphatic heterocycles. The lowest BCUT2D eigenvalue weighted by Crippen LogP contribution is -2.35. The molecule has 0 aliphatic carbocycles. The van der Waals surface area contributed by atoms with Gasteiger partial charge in [0.15, 0.2) is 5.65 Å². The molecule has 2 rings (SSSR count). The minimum absolute atomic E-state index is 0.0354. The minimum atomic E-state index is -4.22. The molecule has 164 valence electrons. The van der Waals surface area contributed by atoms with Gasteiger partial charge in [-0.1, -0.05) is 29.8 Å². The van der Waals surface area contributed by atoms with Crippen molar-refractivity contribution in [2.75, 3.05) is 6.54 Å². The van der Waals surface area contributed by atoms with Crippen LogP contribution in [0.3, 0.4) is 0 Å². The van der Waals surface area contributed by atoms with Gasteiger partial charge in [-0.15, -0.1) is 0 Å². The summed E-state index contributed by atoms with van der Waals surface area (Å²) in [6, 6.07) is 2.00. The molecule has 0 bridgehead atoms. The van der Waals surface area contributed by atoms with Crippen LogP contribution in [0.5, 0.6) is 0 Å². The van der Waals surface area contributed by atoms with Gasteiger partial charge in [-0.25, -0.2) is 14.3 Å². The van der Waals surface area contributed by atoms with Crippen molar-refractivity contribution in [2.45, 2.75) is 64.6 Å². The van der Waals surface area contributed by atoms with Gasteiger partial charge in [0.25, 0.3) is 0 Å². The molecule has 0 spiro atoms. The van der Waals surface area contributed by atoms with Crippen LogP contribution in [-0.4, -0.2) is 39.0 Å².